The molecule has 0 saturated carbocycles. The van der Waals surface area contributed by atoms with Gasteiger partial charge < -0.3 is 15.2 Å². The van der Waals surface area contributed by atoms with Crippen molar-refractivity contribution < 1.29 is 19.4 Å². The first-order valence-corrected chi connectivity index (χ1v) is 4.92. The largest absolute Gasteiger partial charge is 0.507 e. The lowest BCUT2D eigenvalue weighted by atomic mass is 10.1. The van der Waals surface area contributed by atoms with Crippen LogP contribution < -0.4 is 5.32 Å². The number of nitrogens with one attached hydrogen (secondary N) is 1. The maximum atomic E-state index is 11.6. The number of hydrogen-bond donors (Lipinski definition) is 2. The van der Waals surface area contributed by atoms with Crippen molar-refractivity contribution in [2.24, 2.45) is 0 Å². The number of hydrogen-bond acceptors (Lipinski definition) is 4. The molecule has 1 saturated heterocycles. The van der Waals surface area contributed by atoms with Crippen LogP contribution in [0, 0.1) is 0 Å². The van der Waals surface area contributed by atoms with Crippen molar-refractivity contribution >= 4 is 23.5 Å². The Morgan fingerprint density at radius 2 is 2.31 bits per heavy atom. The molecule has 0 radical (unpaired) electrons. The molecule has 1 aromatic rings. The van der Waals surface area contributed by atoms with Crippen LogP contribution in [0.1, 0.15) is 10.4 Å². The van der Waals surface area contributed by atoms with Crippen LogP contribution >= 0.6 is 11.6 Å². The normalized spacial score (nSPS) is 18.6. The summed E-state index contributed by atoms with van der Waals surface area (Å²) in [5.41, 5.74) is 0.0344. The molecule has 1 atom stereocenters. The molecule has 16 heavy (non-hydrogen) atoms. The van der Waals surface area contributed by atoms with Gasteiger partial charge in [0.2, 0.25) is 0 Å². The van der Waals surface area contributed by atoms with Crippen LogP contribution in [0.5, 0.6) is 5.75 Å². The minimum Gasteiger partial charge on any atom is -0.507 e. The quantitative estimate of drug-likeness (QED) is 0.748. The molecular formula is C10H8ClNO4. The second-order valence-electron chi connectivity index (χ2n) is 3.32. The molecule has 5 nitrogen and oxygen atoms in total. The van der Waals surface area contributed by atoms with Gasteiger partial charge in [-0.15, -0.1) is 0 Å². The lowest BCUT2D eigenvalue weighted by molar-refractivity contribution is -0.162. The lowest BCUT2D eigenvalue weighted by Crippen LogP contribution is -2.52. The smallest absolute Gasteiger partial charge is 0.332 e. The van der Waals surface area contributed by atoms with Crippen molar-refractivity contribution in [3.8, 4) is 5.75 Å². The van der Waals surface area contributed by atoms with Crippen LogP contribution in [0.25, 0.3) is 0 Å². The molecule has 2 rings (SSSR count). The van der Waals surface area contributed by atoms with E-state index in [4.69, 9.17) is 11.6 Å². The van der Waals surface area contributed by atoms with Crippen molar-refractivity contribution in [2.45, 2.75) is 6.04 Å². The molecule has 1 aromatic carbocycles. The molecule has 1 heterocycles. The van der Waals surface area contributed by atoms with E-state index in [1.165, 1.54) is 18.2 Å². The number of cyclic esters (lactones) is 1. The third-order valence-corrected chi connectivity index (χ3v) is 2.42. The Balaban J connectivity index is 2.14. The van der Waals surface area contributed by atoms with Gasteiger partial charge in [-0.1, -0.05) is 11.6 Å². The topological polar surface area (TPSA) is 75.6 Å². The minimum atomic E-state index is -0.633. The number of esters is 1. The molecule has 1 aliphatic heterocycles. The zero-order valence-electron chi connectivity index (χ0n) is 8.07. The fraction of sp³-hybridized carbons (Fsp3) is 0.200. The third kappa shape index (κ3) is 1.94. The molecule has 1 fully saturated rings. The standard InChI is InChI=1S/C10H8ClNO4/c11-5-1-2-8(13)6(3-5)9(14)12-7-4-16-10(7)15/h1-3,7,13H,4H2,(H,12,14)/t7-/m0/s1. The zero-order chi connectivity index (χ0) is 11.7. The highest BCUT2D eigenvalue weighted by molar-refractivity contribution is 6.31. The van der Waals surface area contributed by atoms with E-state index in [9.17, 15) is 14.7 Å². The van der Waals surface area contributed by atoms with Gasteiger partial charge in [-0.05, 0) is 18.2 Å². The first-order valence-electron chi connectivity index (χ1n) is 4.54. The Kier molecular flexibility index (Phi) is 2.70. The maximum Gasteiger partial charge on any atom is 0.332 e. The summed E-state index contributed by atoms with van der Waals surface area (Å²) in [5.74, 6) is -1.22. The number of amides is 1. The first kappa shape index (κ1) is 10.8. The van der Waals surface area contributed by atoms with Gasteiger partial charge in [0.25, 0.3) is 5.91 Å². The van der Waals surface area contributed by atoms with Gasteiger partial charge >= 0.3 is 5.97 Å². The molecule has 6 heteroatoms. The van der Waals surface area contributed by atoms with Gasteiger partial charge in [-0.2, -0.15) is 0 Å². The van der Waals surface area contributed by atoms with Crippen molar-refractivity contribution in [3.63, 3.8) is 0 Å². The summed E-state index contributed by atoms with van der Waals surface area (Å²) in [6, 6.07) is 3.48. The molecule has 0 aliphatic carbocycles. The predicted octanol–water partition coefficient (Wildman–Crippen LogP) is 0.701. The van der Waals surface area contributed by atoms with Crippen LogP contribution in [0.3, 0.4) is 0 Å². The molecule has 0 aromatic heterocycles. The molecule has 2 N–H and O–H groups in total. The Labute approximate surface area is 96.0 Å². The van der Waals surface area contributed by atoms with E-state index >= 15 is 0 Å². The van der Waals surface area contributed by atoms with E-state index in [0.29, 0.717) is 5.02 Å². The van der Waals surface area contributed by atoms with E-state index in [0.717, 1.165) is 0 Å². The number of halogens is 1. The average molecular weight is 242 g/mol. The van der Waals surface area contributed by atoms with E-state index in [1.54, 1.807) is 0 Å². The predicted molar refractivity (Wildman–Crippen MR) is 55.3 cm³/mol. The summed E-state index contributed by atoms with van der Waals surface area (Å²) in [4.78, 5) is 22.5. The van der Waals surface area contributed by atoms with Crippen LogP contribution in [0.2, 0.25) is 5.02 Å². The van der Waals surface area contributed by atoms with E-state index < -0.39 is 17.9 Å². The van der Waals surface area contributed by atoms with Crippen LogP contribution in [-0.2, 0) is 9.53 Å². The molecule has 1 amide bonds. The average Bonchev–Trinajstić information content (AvgIpc) is 2.26. The fourth-order valence-corrected chi connectivity index (χ4v) is 1.43. The third-order valence-electron chi connectivity index (χ3n) is 2.19. The van der Waals surface area contributed by atoms with Crippen molar-refractivity contribution in [3.05, 3.63) is 28.8 Å². The number of phenols is 1. The molecule has 84 valence electrons. The van der Waals surface area contributed by atoms with E-state index in [-0.39, 0.29) is 17.9 Å². The van der Waals surface area contributed by atoms with Gasteiger partial charge in [0, 0.05) is 5.02 Å². The minimum absolute atomic E-state index is 0.0344. The molecule has 0 unspecified atom stereocenters. The van der Waals surface area contributed by atoms with E-state index in [2.05, 4.69) is 10.1 Å². The van der Waals surface area contributed by atoms with Crippen molar-refractivity contribution in [1.82, 2.24) is 5.32 Å². The summed E-state index contributed by atoms with van der Waals surface area (Å²) >= 11 is 5.69. The second kappa shape index (κ2) is 4.02. The maximum absolute atomic E-state index is 11.6. The number of aromatic hydroxyl groups is 1. The summed E-state index contributed by atoms with van der Waals surface area (Å²) in [6.07, 6.45) is 0. The number of benzene rings is 1. The highest BCUT2D eigenvalue weighted by atomic mass is 35.5. The first-order chi connectivity index (χ1) is 7.58. The van der Waals surface area contributed by atoms with Crippen LogP contribution in [0.4, 0.5) is 0 Å². The van der Waals surface area contributed by atoms with E-state index in [1.807, 2.05) is 0 Å². The summed E-state index contributed by atoms with van der Waals surface area (Å²) in [5, 5.41) is 12.2. The monoisotopic (exact) mass is 241 g/mol. The number of carbonyl (C=O) groups excluding carboxylic acids is 2. The Hall–Kier alpha value is -1.75. The second-order valence-corrected chi connectivity index (χ2v) is 3.75. The Bertz CT molecular complexity index is 460. The Morgan fingerprint density at radius 1 is 1.56 bits per heavy atom. The summed E-state index contributed by atoms with van der Waals surface area (Å²) in [7, 11) is 0. The van der Waals surface area contributed by atoms with Crippen LogP contribution in [-0.4, -0.2) is 29.6 Å². The molecule has 0 spiro atoms. The van der Waals surface area contributed by atoms with Crippen LogP contribution in [0.15, 0.2) is 18.2 Å². The Morgan fingerprint density at radius 3 is 2.88 bits per heavy atom. The van der Waals surface area contributed by atoms with Gasteiger partial charge in [0.15, 0.2) is 6.04 Å². The van der Waals surface area contributed by atoms with Gasteiger partial charge in [-0.3, -0.25) is 4.79 Å². The highest BCUT2D eigenvalue weighted by Crippen LogP contribution is 2.21. The van der Waals surface area contributed by atoms with Gasteiger partial charge in [0.05, 0.1) is 5.56 Å². The SMILES string of the molecule is O=C(N[C@H]1COC1=O)c1cc(Cl)ccc1O. The fourth-order valence-electron chi connectivity index (χ4n) is 1.26. The number of phenolic OH excluding ortho intramolecular Hbond substituents is 1. The molecular weight excluding hydrogens is 234 g/mol. The summed E-state index contributed by atoms with van der Waals surface area (Å²) in [6.45, 7) is 0.159. The number of ether oxygens (including phenoxy) is 1. The van der Waals surface area contributed by atoms with Gasteiger partial charge in [-0.25, -0.2) is 4.79 Å². The van der Waals surface area contributed by atoms with Crippen molar-refractivity contribution in [2.75, 3.05) is 6.61 Å². The molecule has 1 aliphatic rings. The zero-order valence-corrected chi connectivity index (χ0v) is 8.82. The number of rotatable bonds is 2. The molecule has 0 bridgehead atoms. The summed E-state index contributed by atoms with van der Waals surface area (Å²) < 4.78 is 4.49. The lowest BCUT2D eigenvalue weighted by Gasteiger charge is -2.25. The number of carbonyl (C=O) groups is 2. The van der Waals surface area contributed by atoms with Crippen molar-refractivity contribution in [1.29, 1.82) is 0 Å². The van der Waals surface area contributed by atoms with Gasteiger partial charge in [0.1, 0.15) is 12.4 Å². The highest BCUT2D eigenvalue weighted by Gasteiger charge is 2.32.